The summed E-state index contributed by atoms with van der Waals surface area (Å²) in [4.78, 5) is 8.92. The van der Waals surface area contributed by atoms with Crippen LogP contribution in [0.5, 0.6) is 5.75 Å². The molecule has 122 valence electrons. The van der Waals surface area contributed by atoms with E-state index in [9.17, 15) is 0 Å². The SMILES string of the molecule is COc1ccccc1N1CCN(Cc2ccncc2Cl)[C@H](C)C1. The number of anilines is 1. The average molecular weight is 332 g/mol. The molecular formula is C18H22ClN3O. The van der Waals surface area contributed by atoms with Gasteiger partial charge in [-0.05, 0) is 30.7 Å². The van der Waals surface area contributed by atoms with Gasteiger partial charge in [-0.2, -0.15) is 0 Å². The molecule has 0 bridgehead atoms. The van der Waals surface area contributed by atoms with E-state index >= 15 is 0 Å². The van der Waals surface area contributed by atoms with Crippen molar-refractivity contribution in [2.24, 2.45) is 0 Å². The number of rotatable bonds is 4. The zero-order valence-electron chi connectivity index (χ0n) is 13.6. The van der Waals surface area contributed by atoms with Crippen LogP contribution in [-0.2, 0) is 6.54 Å². The zero-order chi connectivity index (χ0) is 16.2. The summed E-state index contributed by atoms with van der Waals surface area (Å²) in [5.74, 6) is 0.935. The number of aromatic nitrogens is 1. The van der Waals surface area contributed by atoms with Crippen LogP contribution in [0, 0.1) is 0 Å². The number of nitrogens with zero attached hydrogens (tertiary/aromatic N) is 3. The lowest BCUT2D eigenvalue weighted by Crippen LogP contribution is -2.51. The first kappa shape index (κ1) is 16.1. The molecule has 0 amide bonds. The third-order valence-electron chi connectivity index (χ3n) is 4.42. The summed E-state index contributed by atoms with van der Waals surface area (Å²) in [7, 11) is 1.73. The number of benzene rings is 1. The van der Waals surface area contributed by atoms with Crippen LogP contribution < -0.4 is 9.64 Å². The Morgan fingerprint density at radius 2 is 2.09 bits per heavy atom. The van der Waals surface area contributed by atoms with E-state index in [-0.39, 0.29) is 0 Å². The molecule has 4 nitrogen and oxygen atoms in total. The van der Waals surface area contributed by atoms with E-state index in [1.807, 2.05) is 18.2 Å². The second-order valence-corrected chi connectivity index (χ2v) is 6.31. The van der Waals surface area contributed by atoms with Crippen molar-refractivity contribution in [1.82, 2.24) is 9.88 Å². The van der Waals surface area contributed by atoms with Crippen LogP contribution in [0.25, 0.3) is 0 Å². The fourth-order valence-corrected chi connectivity index (χ4v) is 3.27. The molecule has 1 atom stereocenters. The van der Waals surface area contributed by atoms with Gasteiger partial charge in [0.05, 0.1) is 17.8 Å². The molecule has 1 saturated heterocycles. The van der Waals surface area contributed by atoms with Gasteiger partial charge >= 0.3 is 0 Å². The maximum absolute atomic E-state index is 6.24. The van der Waals surface area contributed by atoms with Gasteiger partial charge in [-0.15, -0.1) is 0 Å². The van der Waals surface area contributed by atoms with E-state index in [1.54, 1.807) is 19.5 Å². The molecule has 1 aliphatic rings. The van der Waals surface area contributed by atoms with E-state index in [4.69, 9.17) is 16.3 Å². The molecule has 3 rings (SSSR count). The highest BCUT2D eigenvalue weighted by Gasteiger charge is 2.25. The molecule has 0 spiro atoms. The largest absolute Gasteiger partial charge is 0.495 e. The monoisotopic (exact) mass is 331 g/mol. The van der Waals surface area contributed by atoms with Crippen molar-refractivity contribution in [3.63, 3.8) is 0 Å². The van der Waals surface area contributed by atoms with Crippen LogP contribution in [0.4, 0.5) is 5.69 Å². The number of hydrogen-bond donors (Lipinski definition) is 0. The Morgan fingerprint density at radius 1 is 1.26 bits per heavy atom. The molecule has 23 heavy (non-hydrogen) atoms. The second kappa shape index (κ2) is 7.20. The number of methoxy groups -OCH3 is 1. The Balaban J connectivity index is 1.69. The lowest BCUT2D eigenvalue weighted by atomic mass is 10.1. The minimum atomic E-state index is 0.442. The number of pyridine rings is 1. The molecule has 2 heterocycles. The molecular weight excluding hydrogens is 310 g/mol. The van der Waals surface area contributed by atoms with Crippen molar-refractivity contribution in [2.45, 2.75) is 19.5 Å². The number of halogens is 1. The molecule has 5 heteroatoms. The molecule has 2 aromatic rings. The number of ether oxygens (including phenoxy) is 1. The van der Waals surface area contributed by atoms with Crippen LogP contribution in [0.2, 0.25) is 5.02 Å². The number of hydrogen-bond acceptors (Lipinski definition) is 4. The topological polar surface area (TPSA) is 28.6 Å². The van der Waals surface area contributed by atoms with Gasteiger partial charge in [-0.25, -0.2) is 0 Å². The highest BCUT2D eigenvalue weighted by atomic mass is 35.5. The Morgan fingerprint density at radius 3 is 2.83 bits per heavy atom. The van der Waals surface area contributed by atoms with E-state index in [2.05, 4.69) is 33.8 Å². The summed E-state index contributed by atoms with van der Waals surface area (Å²) >= 11 is 6.24. The Hall–Kier alpha value is -1.78. The van der Waals surface area contributed by atoms with Crippen LogP contribution >= 0.6 is 11.6 Å². The van der Waals surface area contributed by atoms with Crippen molar-refractivity contribution in [2.75, 3.05) is 31.6 Å². The van der Waals surface area contributed by atoms with Crippen molar-refractivity contribution in [1.29, 1.82) is 0 Å². The maximum Gasteiger partial charge on any atom is 0.142 e. The molecule has 0 N–H and O–H groups in total. The normalized spacial score (nSPS) is 18.9. The summed E-state index contributed by atoms with van der Waals surface area (Å²) < 4.78 is 5.49. The van der Waals surface area contributed by atoms with E-state index in [0.29, 0.717) is 6.04 Å². The molecule has 1 aromatic carbocycles. The molecule has 1 fully saturated rings. The predicted molar refractivity (Wildman–Crippen MR) is 94.3 cm³/mol. The van der Waals surface area contributed by atoms with Crippen LogP contribution in [0.15, 0.2) is 42.7 Å². The fourth-order valence-electron chi connectivity index (χ4n) is 3.09. The summed E-state index contributed by atoms with van der Waals surface area (Å²) in [5, 5.41) is 0.742. The molecule has 1 aromatic heterocycles. The summed E-state index contributed by atoms with van der Waals surface area (Å²) in [6.45, 7) is 6.08. The van der Waals surface area contributed by atoms with Gasteiger partial charge in [0.25, 0.3) is 0 Å². The average Bonchev–Trinajstić information content (AvgIpc) is 2.58. The van der Waals surface area contributed by atoms with Gasteiger partial charge in [-0.1, -0.05) is 23.7 Å². The first-order chi connectivity index (χ1) is 11.2. The highest BCUT2D eigenvalue weighted by molar-refractivity contribution is 6.31. The Kier molecular flexibility index (Phi) is 5.03. The standard InChI is InChI=1S/C18H22ClN3O/c1-14-12-22(17-5-3-4-6-18(17)23-2)10-9-21(14)13-15-7-8-20-11-16(15)19/h3-8,11,14H,9-10,12-13H2,1-2H3/t14-/m1/s1. The fraction of sp³-hybridized carbons (Fsp3) is 0.389. The quantitative estimate of drug-likeness (QED) is 0.858. The van der Waals surface area contributed by atoms with Gasteiger partial charge in [0.1, 0.15) is 5.75 Å². The molecule has 0 unspecified atom stereocenters. The van der Waals surface area contributed by atoms with E-state index < -0.39 is 0 Å². The molecule has 1 aliphatic heterocycles. The lowest BCUT2D eigenvalue weighted by molar-refractivity contribution is 0.180. The van der Waals surface area contributed by atoms with Gasteiger partial charge in [0, 0.05) is 44.6 Å². The molecule has 0 saturated carbocycles. The Bertz CT molecular complexity index is 664. The van der Waals surface area contributed by atoms with Crippen LogP contribution in [0.1, 0.15) is 12.5 Å². The second-order valence-electron chi connectivity index (χ2n) is 5.90. The number of para-hydroxylation sites is 2. The van der Waals surface area contributed by atoms with E-state index in [1.165, 1.54) is 5.69 Å². The third kappa shape index (κ3) is 3.59. The summed E-state index contributed by atoms with van der Waals surface area (Å²) in [5.41, 5.74) is 2.31. The van der Waals surface area contributed by atoms with E-state index in [0.717, 1.165) is 42.5 Å². The minimum Gasteiger partial charge on any atom is -0.495 e. The Labute approximate surface area is 142 Å². The van der Waals surface area contributed by atoms with Crippen molar-refractivity contribution < 1.29 is 4.74 Å². The molecule has 0 aliphatic carbocycles. The van der Waals surface area contributed by atoms with Gasteiger partial charge < -0.3 is 9.64 Å². The lowest BCUT2D eigenvalue weighted by Gasteiger charge is -2.41. The summed E-state index contributed by atoms with van der Waals surface area (Å²) in [6, 6.07) is 10.7. The first-order valence-electron chi connectivity index (χ1n) is 7.89. The van der Waals surface area contributed by atoms with Crippen molar-refractivity contribution in [3.8, 4) is 5.75 Å². The highest BCUT2D eigenvalue weighted by Crippen LogP contribution is 2.30. The van der Waals surface area contributed by atoms with Crippen LogP contribution in [0.3, 0.4) is 0 Å². The van der Waals surface area contributed by atoms with Crippen LogP contribution in [-0.4, -0.2) is 42.7 Å². The van der Waals surface area contributed by atoms with Gasteiger partial charge in [0.15, 0.2) is 0 Å². The zero-order valence-corrected chi connectivity index (χ0v) is 14.3. The first-order valence-corrected chi connectivity index (χ1v) is 8.27. The predicted octanol–water partition coefficient (Wildman–Crippen LogP) is 3.45. The minimum absolute atomic E-state index is 0.442. The summed E-state index contributed by atoms with van der Waals surface area (Å²) in [6.07, 6.45) is 3.52. The molecule has 0 radical (unpaired) electrons. The van der Waals surface area contributed by atoms with Crippen molar-refractivity contribution >= 4 is 17.3 Å². The van der Waals surface area contributed by atoms with Gasteiger partial charge in [0.2, 0.25) is 0 Å². The smallest absolute Gasteiger partial charge is 0.142 e. The third-order valence-corrected chi connectivity index (χ3v) is 4.76. The van der Waals surface area contributed by atoms with Crippen molar-refractivity contribution in [3.05, 3.63) is 53.3 Å². The van der Waals surface area contributed by atoms with Gasteiger partial charge in [-0.3, -0.25) is 9.88 Å². The maximum atomic E-state index is 6.24. The number of piperazine rings is 1.